The number of ketones is 1. The van der Waals surface area contributed by atoms with Crippen LogP contribution in [0.25, 0.3) is 6.08 Å². The molecule has 0 aliphatic heterocycles. The lowest BCUT2D eigenvalue weighted by molar-refractivity contribution is 0.104. The molecule has 3 nitrogen and oxygen atoms in total. The Balaban J connectivity index is 2.24. The number of hydrogen-bond acceptors (Lipinski definition) is 3. The van der Waals surface area contributed by atoms with Gasteiger partial charge in [-0.05, 0) is 35.9 Å². The van der Waals surface area contributed by atoms with Crippen molar-refractivity contribution in [2.75, 3.05) is 14.2 Å². The average molecular weight is 337 g/mol. The van der Waals surface area contributed by atoms with Crippen LogP contribution in [-0.2, 0) is 0 Å². The van der Waals surface area contributed by atoms with Gasteiger partial charge >= 0.3 is 0 Å². The van der Waals surface area contributed by atoms with Gasteiger partial charge < -0.3 is 9.47 Å². The molecule has 0 spiro atoms. The van der Waals surface area contributed by atoms with Crippen LogP contribution in [0.3, 0.4) is 0 Å². The second-order valence-corrected chi connectivity index (χ2v) is 5.25. The van der Waals surface area contributed by atoms with E-state index in [9.17, 15) is 4.79 Å². The molecule has 2 aromatic carbocycles. The highest BCUT2D eigenvalue weighted by Gasteiger charge is 2.10. The van der Waals surface area contributed by atoms with Crippen molar-refractivity contribution in [1.82, 2.24) is 0 Å². The fourth-order valence-electron chi connectivity index (χ4n) is 1.88. The highest BCUT2D eigenvalue weighted by molar-refractivity contribution is 6.42. The first-order valence-corrected chi connectivity index (χ1v) is 7.20. The van der Waals surface area contributed by atoms with Crippen LogP contribution in [0.5, 0.6) is 11.5 Å². The Bertz CT molecular complexity index is 724. The zero-order valence-corrected chi connectivity index (χ0v) is 13.6. The molecule has 0 radical (unpaired) electrons. The maximum absolute atomic E-state index is 12.3. The van der Waals surface area contributed by atoms with Crippen LogP contribution in [-0.4, -0.2) is 20.0 Å². The predicted molar refractivity (Wildman–Crippen MR) is 89.4 cm³/mol. The Kier molecular flexibility index (Phi) is 5.47. The molecule has 0 aliphatic rings. The van der Waals surface area contributed by atoms with E-state index in [1.807, 2.05) is 0 Å². The summed E-state index contributed by atoms with van der Waals surface area (Å²) in [6.45, 7) is 0. The minimum atomic E-state index is -0.175. The number of benzene rings is 2. The molecule has 0 unspecified atom stereocenters. The van der Waals surface area contributed by atoms with Crippen LogP contribution in [0.4, 0.5) is 0 Å². The summed E-state index contributed by atoms with van der Waals surface area (Å²) in [4.78, 5) is 12.3. The average Bonchev–Trinajstić information content (AvgIpc) is 2.54. The number of ether oxygens (including phenoxy) is 2. The monoisotopic (exact) mass is 336 g/mol. The smallest absolute Gasteiger partial charge is 0.189 e. The van der Waals surface area contributed by atoms with Crippen molar-refractivity contribution >= 4 is 35.1 Å². The summed E-state index contributed by atoms with van der Waals surface area (Å²) in [7, 11) is 3.06. The van der Waals surface area contributed by atoms with Crippen molar-refractivity contribution in [2.45, 2.75) is 0 Å². The van der Waals surface area contributed by atoms with Gasteiger partial charge in [-0.15, -0.1) is 0 Å². The van der Waals surface area contributed by atoms with Crippen molar-refractivity contribution in [2.24, 2.45) is 0 Å². The normalized spacial score (nSPS) is 10.7. The third-order valence-electron chi connectivity index (χ3n) is 3.04. The van der Waals surface area contributed by atoms with Crippen molar-refractivity contribution in [3.05, 3.63) is 63.6 Å². The molecule has 0 atom stereocenters. The van der Waals surface area contributed by atoms with Gasteiger partial charge in [0.25, 0.3) is 0 Å². The number of allylic oxidation sites excluding steroid dienone is 1. The molecule has 0 aliphatic carbocycles. The SMILES string of the molecule is COc1ccc(C(=O)C=Cc2ccc(Cl)c(Cl)c2)c(OC)c1. The fourth-order valence-corrected chi connectivity index (χ4v) is 2.19. The molecule has 0 fully saturated rings. The molecule has 0 amide bonds. The van der Waals surface area contributed by atoms with Crippen molar-refractivity contribution < 1.29 is 14.3 Å². The van der Waals surface area contributed by atoms with Gasteiger partial charge in [0.2, 0.25) is 0 Å². The summed E-state index contributed by atoms with van der Waals surface area (Å²) in [5.41, 5.74) is 1.25. The lowest BCUT2D eigenvalue weighted by Gasteiger charge is -2.07. The lowest BCUT2D eigenvalue weighted by Crippen LogP contribution is -1.99. The summed E-state index contributed by atoms with van der Waals surface area (Å²) in [6, 6.07) is 10.2. The first kappa shape index (κ1) is 16.4. The number of carbonyl (C=O) groups excluding carboxylic acids is 1. The largest absolute Gasteiger partial charge is 0.497 e. The summed E-state index contributed by atoms with van der Waals surface area (Å²) in [5.74, 6) is 0.913. The Morgan fingerprint density at radius 3 is 2.41 bits per heavy atom. The van der Waals surface area contributed by atoms with Gasteiger partial charge in [0.05, 0.1) is 29.8 Å². The van der Waals surface area contributed by atoms with Gasteiger partial charge in [-0.3, -0.25) is 4.79 Å². The van der Waals surface area contributed by atoms with E-state index in [1.165, 1.54) is 13.2 Å². The Morgan fingerprint density at radius 1 is 1.00 bits per heavy atom. The van der Waals surface area contributed by atoms with E-state index in [2.05, 4.69) is 0 Å². The number of methoxy groups -OCH3 is 2. The van der Waals surface area contributed by atoms with E-state index in [-0.39, 0.29) is 5.78 Å². The van der Waals surface area contributed by atoms with Gasteiger partial charge in [0.1, 0.15) is 11.5 Å². The molecule has 0 N–H and O–H groups in total. The molecule has 2 aromatic rings. The van der Waals surface area contributed by atoms with Crippen molar-refractivity contribution in [3.8, 4) is 11.5 Å². The highest BCUT2D eigenvalue weighted by atomic mass is 35.5. The molecule has 0 saturated heterocycles. The van der Waals surface area contributed by atoms with E-state index < -0.39 is 0 Å². The van der Waals surface area contributed by atoms with E-state index in [0.29, 0.717) is 27.1 Å². The maximum atomic E-state index is 12.3. The molecule has 0 aromatic heterocycles. The molecular weight excluding hydrogens is 323 g/mol. The zero-order chi connectivity index (χ0) is 16.1. The number of rotatable bonds is 5. The van der Waals surface area contributed by atoms with Gasteiger partial charge in [0, 0.05) is 6.07 Å². The third-order valence-corrected chi connectivity index (χ3v) is 3.78. The minimum Gasteiger partial charge on any atom is -0.497 e. The van der Waals surface area contributed by atoms with E-state index in [4.69, 9.17) is 32.7 Å². The van der Waals surface area contributed by atoms with Crippen LogP contribution in [0.1, 0.15) is 15.9 Å². The quantitative estimate of drug-likeness (QED) is 0.575. The van der Waals surface area contributed by atoms with Crippen LogP contribution in [0, 0.1) is 0 Å². The van der Waals surface area contributed by atoms with Crippen LogP contribution < -0.4 is 9.47 Å². The van der Waals surface area contributed by atoms with Crippen LogP contribution >= 0.6 is 23.2 Å². The predicted octanol–water partition coefficient (Wildman–Crippen LogP) is 4.91. The van der Waals surface area contributed by atoms with Crippen molar-refractivity contribution in [1.29, 1.82) is 0 Å². The lowest BCUT2D eigenvalue weighted by atomic mass is 10.1. The zero-order valence-electron chi connectivity index (χ0n) is 12.1. The summed E-state index contributed by atoms with van der Waals surface area (Å²) < 4.78 is 10.3. The van der Waals surface area contributed by atoms with Gasteiger partial charge in [-0.1, -0.05) is 35.3 Å². The molecule has 114 valence electrons. The molecule has 22 heavy (non-hydrogen) atoms. The van der Waals surface area contributed by atoms with Gasteiger partial charge in [-0.25, -0.2) is 0 Å². The maximum Gasteiger partial charge on any atom is 0.189 e. The summed E-state index contributed by atoms with van der Waals surface area (Å²) in [6.07, 6.45) is 3.14. The van der Waals surface area contributed by atoms with Crippen LogP contribution in [0.15, 0.2) is 42.5 Å². The van der Waals surface area contributed by atoms with Crippen LogP contribution in [0.2, 0.25) is 10.0 Å². The molecule has 2 rings (SSSR count). The summed E-state index contributed by atoms with van der Waals surface area (Å²) in [5, 5.41) is 0.917. The second-order valence-electron chi connectivity index (χ2n) is 4.44. The Hall–Kier alpha value is -1.97. The number of hydrogen-bond donors (Lipinski definition) is 0. The van der Waals surface area contributed by atoms with Crippen molar-refractivity contribution in [3.63, 3.8) is 0 Å². The molecule has 5 heteroatoms. The molecule has 0 saturated carbocycles. The molecule has 0 bridgehead atoms. The van der Waals surface area contributed by atoms with Gasteiger partial charge in [0.15, 0.2) is 5.78 Å². The highest BCUT2D eigenvalue weighted by Crippen LogP contribution is 2.26. The Labute approximate surface area is 139 Å². The topological polar surface area (TPSA) is 35.5 Å². The van der Waals surface area contributed by atoms with E-state index in [0.717, 1.165) is 5.56 Å². The number of carbonyl (C=O) groups is 1. The van der Waals surface area contributed by atoms with E-state index in [1.54, 1.807) is 49.6 Å². The fraction of sp³-hybridized carbons (Fsp3) is 0.118. The Morgan fingerprint density at radius 2 is 1.77 bits per heavy atom. The van der Waals surface area contributed by atoms with Gasteiger partial charge in [-0.2, -0.15) is 0 Å². The number of halogens is 2. The first-order chi connectivity index (χ1) is 10.5. The summed E-state index contributed by atoms with van der Waals surface area (Å²) >= 11 is 11.8. The first-order valence-electron chi connectivity index (χ1n) is 6.44. The minimum absolute atomic E-state index is 0.175. The second kappa shape index (κ2) is 7.34. The van der Waals surface area contributed by atoms with E-state index >= 15 is 0 Å². The molecule has 0 heterocycles. The standard InChI is InChI=1S/C17H14Cl2O3/c1-21-12-5-6-13(17(10-12)22-2)16(20)8-4-11-3-7-14(18)15(19)9-11/h3-10H,1-2H3. The molecular formula is C17H14Cl2O3. The third kappa shape index (κ3) is 3.81.